The molecule has 1 saturated carbocycles. The monoisotopic (exact) mass is 392 g/mol. The van der Waals surface area contributed by atoms with Crippen LogP contribution in [0.1, 0.15) is 55.7 Å². The van der Waals surface area contributed by atoms with Crippen LogP contribution < -0.4 is 5.32 Å². The summed E-state index contributed by atoms with van der Waals surface area (Å²) in [6.45, 7) is 4.35. The van der Waals surface area contributed by atoms with E-state index in [-0.39, 0.29) is 17.9 Å². The quantitative estimate of drug-likeness (QED) is 0.724. The molecular weight excluding hydrogens is 360 g/mol. The predicted molar refractivity (Wildman–Crippen MR) is 116 cm³/mol. The van der Waals surface area contributed by atoms with Gasteiger partial charge in [0.2, 0.25) is 11.8 Å². The van der Waals surface area contributed by atoms with E-state index in [4.69, 9.17) is 0 Å². The molecule has 3 rings (SSSR count). The Balaban J connectivity index is 1.67. The van der Waals surface area contributed by atoms with Gasteiger partial charge in [-0.05, 0) is 44.2 Å². The van der Waals surface area contributed by atoms with Crippen molar-refractivity contribution >= 4 is 11.8 Å². The molecule has 2 aromatic rings. The number of nitrogens with zero attached hydrogens (tertiary/aromatic N) is 1. The summed E-state index contributed by atoms with van der Waals surface area (Å²) in [7, 11) is 0. The highest BCUT2D eigenvalue weighted by Gasteiger charge is 2.28. The average molecular weight is 393 g/mol. The van der Waals surface area contributed by atoms with Gasteiger partial charge in [0.25, 0.3) is 0 Å². The van der Waals surface area contributed by atoms with E-state index in [0.717, 1.165) is 24.0 Å². The zero-order valence-electron chi connectivity index (χ0n) is 17.6. The first-order chi connectivity index (χ1) is 14.0. The fourth-order valence-corrected chi connectivity index (χ4v) is 3.90. The minimum absolute atomic E-state index is 0.0171. The topological polar surface area (TPSA) is 49.4 Å². The molecule has 0 unspecified atom stereocenters. The van der Waals surface area contributed by atoms with Gasteiger partial charge in [0, 0.05) is 19.0 Å². The maximum Gasteiger partial charge on any atom is 0.242 e. The van der Waals surface area contributed by atoms with Crippen LogP contribution in [-0.2, 0) is 22.6 Å². The van der Waals surface area contributed by atoms with Gasteiger partial charge in [-0.2, -0.15) is 0 Å². The minimum Gasteiger partial charge on any atom is -0.352 e. The summed E-state index contributed by atoms with van der Waals surface area (Å²) in [6.07, 6.45) is 5.50. The van der Waals surface area contributed by atoms with Crippen molar-refractivity contribution in [1.29, 1.82) is 0 Å². The van der Waals surface area contributed by atoms with E-state index in [1.54, 1.807) is 4.90 Å². The van der Waals surface area contributed by atoms with E-state index >= 15 is 0 Å². The molecule has 0 radical (unpaired) electrons. The largest absolute Gasteiger partial charge is 0.352 e. The van der Waals surface area contributed by atoms with E-state index in [1.165, 1.54) is 18.4 Å². The Morgan fingerprint density at radius 1 is 1.00 bits per heavy atom. The average Bonchev–Trinajstić information content (AvgIpc) is 3.24. The van der Waals surface area contributed by atoms with Crippen LogP contribution in [0.5, 0.6) is 0 Å². The second-order valence-electron chi connectivity index (χ2n) is 8.16. The maximum absolute atomic E-state index is 13.1. The molecule has 154 valence electrons. The molecule has 1 aliphatic carbocycles. The van der Waals surface area contributed by atoms with Crippen LogP contribution in [0, 0.1) is 6.92 Å². The minimum atomic E-state index is -0.485. The summed E-state index contributed by atoms with van der Waals surface area (Å²) < 4.78 is 0. The Bertz CT molecular complexity index is 795. The molecule has 0 saturated heterocycles. The van der Waals surface area contributed by atoms with Gasteiger partial charge < -0.3 is 10.2 Å². The van der Waals surface area contributed by atoms with Crippen molar-refractivity contribution in [2.75, 3.05) is 0 Å². The van der Waals surface area contributed by atoms with Crippen molar-refractivity contribution < 1.29 is 9.59 Å². The molecule has 1 fully saturated rings. The van der Waals surface area contributed by atoms with Crippen LogP contribution in [0.15, 0.2) is 54.6 Å². The predicted octanol–water partition coefficient (Wildman–Crippen LogP) is 4.40. The second kappa shape index (κ2) is 10.2. The van der Waals surface area contributed by atoms with Crippen molar-refractivity contribution in [3.63, 3.8) is 0 Å². The van der Waals surface area contributed by atoms with Gasteiger partial charge in [0.15, 0.2) is 0 Å². The highest BCUT2D eigenvalue weighted by atomic mass is 16.2. The molecule has 1 N–H and O–H groups in total. The van der Waals surface area contributed by atoms with E-state index in [1.807, 2.05) is 37.3 Å². The van der Waals surface area contributed by atoms with Crippen molar-refractivity contribution in [3.05, 3.63) is 71.3 Å². The normalized spacial score (nSPS) is 15.1. The Labute approximate surface area is 174 Å². The first-order valence-electron chi connectivity index (χ1n) is 10.7. The summed E-state index contributed by atoms with van der Waals surface area (Å²) in [5.41, 5.74) is 3.39. The molecule has 0 aliphatic heterocycles. The number of carbonyl (C=O) groups is 2. The van der Waals surface area contributed by atoms with Gasteiger partial charge >= 0.3 is 0 Å². The summed E-state index contributed by atoms with van der Waals surface area (Å²) in [5, 5.41) is 3.15. The number of benzene rings is 2. The molecule has 29 heavy (non-hydrogen) atoms. The van der Waals surface area contributed by atoms with Crippen LogP contribution in [0.4, 0.5) is 0 Å². The number of rotatable bonds is 8. The molecule has 0 heterocycles. The molecule has 0 aromatic heterocycles. The Kier molecular flexibility index (Phi) is 7.45. The SMILES string of the molecule is Cc1ccc(CCC(=O)N(Cc2ccccc2)[C@@H](C)C(=O)NC2CCCC2)cc1. The standard InChI is InChI=1S/C25H32N2O2/c1-19-12-14-21(15-13-19)16-17-24(28)27(18-22-8-4-3-5-9-22)20(2)25(29)26-23-10-6-7-11-23/h3-5,8-9,12-15,20,23H,6-7,10-11,16-18H2,1-2H3,(H,26,29)/t20-/m0/s1. The van der Waals surface area contributed by atoms with Crippen LogP contribution in [0.25, 0.3) is 0 Å². The Morgan fingerprint density at radius 3 is 2.31 bits per heavy atom. The van der Waals surface area contributed by atoms with Gasteiger partial charge in [-0.1, -0.05) is 73.0 Å². The van der Waals surface area contributed by atoms with Crippen LogP contribution in [-0.4, -0.2) is 28.8 Å². The molecule has 0 bridgehead atoms. The van der Waals surface area contributed by atoms with Crippen LogP contribution >= 0.6 is 0 Å². The summed E-state index contributed by atoms with van der Waals surface area (Å²) in [6, 6.07) is 17.9. The lowest BCUT2D eigenvalue weighted by Crippen LogP contribution is -2.49. The molecule has 4 heteroatoms. The highest BCUT2D eigenvalue weighted by molar-refractivity contribution is 5.87. The number of amides is 2. The number of carbonyl (C=O) groups excluding carboxylic acids is 2. The van der Waals surface area contributed by atoms with Crippen LogP contribution in [0.2, 0.25) is 0 Å². The Hall–Kier alpha value is -2.62. The summed E-state index contributed by atoms with van der Waals surface area (Å²) in [4.78, 5) is 27.7. The fourth-order valence-electron chi connectivity index (χ4n) is 3.90. The van der Waals surface area contributed by atoms with E-state index in [0.29, 0.717) is 19.4 Å². The lowest BCUT2D eigenvalue weighted by Gasteiger charge is -2.30. The third kappa shape index (κ3) is 6.18. The fraction of sp³-hybridized carbons (Fsp3) is 0.440. The number of nitrogens with one attached hydrogen (secondary N) is 1. The molecule has 2 amide bonds. The van der Waals surface area contributed by atoms with Gasteiger partial charge in [-0.25, -0.2) is 0 Å². The third-order valence-electron chi connectivity index (χ3n) is 5.81. The number of aryl methyl sites for hydroxylation is 2. The first-order valence-corrected chi connectivity index (χ1v) is 10.7. The van der Waals surface area contributed by atoms with E-state index in [2.05, 4.69) is 36.5 Å². The van der Waals surface area contributed by atoms with E-state index < -0.39 is 6.04 Å². The number of hydrogen-bond acceptors (Lipinski definition) is 2. The van der Waals surface area contributed by atoms with Crippen molar-refractivity contribution in [3.8, 4) is 0 Å². The first kappa shape index (κ1) is 21.1. The summed E-state index contributed by atoms with van der Waals surface area (Å²) in [5.74, 6) is -0.0278. The second-order valence-corrected chi connectivity index (χ2v) is 8.16. The number of hydrogen-bond donors (Lipinski definition) is 1. The molecule has 1 aliphatic rings. The lowest BCUT2D eigenvalue weighted by molar-refractivity contribution is -0.140. The van der Waals surface area contributed by atoms with Gasteiger partial charge in [0.05, 0.1) is 0 Å². The summed E-state index contributed by atoms with van der Waals surface area (Å²) >= 11 is 0. The molecule has 1 atom stereocenters. The lowest BCUT2D eigenvalue weighted by atomic mass is 10.1. The molecule has 4 nitrogen and oxygen atoms in total. The van der Waals surface area contributed by atoms with E-state index in [9.17, 15) is 9.59 Å². The van der Waals surface area contributed by atoms with Crippen LogP contribution in [0.3, 0.4) is 0 Å². The molecule has 0 spiro atoms. The van der Waals surface area contributed by atoms with Crippen molar-refractivity contribution in [2.45, 2.75) is 71.0 Å². The molecular formula is C25H32N2O2. The van der Waals surface area contributed by atoms with Gasteiger partial charge in [-0.15, -0.1) is 0 Å². The zero-order valence-corrected chi connectivity index (χ0v) is 17.6. The zero-order chi connectivity index (χ0) is 20.6. The van der Waals surface area contributed by atoms with Crippen molar-refractivity contribution in [1.82, 2.24) is 10.2 Å². The molecule has 2 aromatic carbocycles. The maximum atomic E-state index is 13.1. The van der Waals surface area contributed by atoms with Gasteiger partial charge in [-0.3, -0.25) is 9.59 Å². The Morgan fingerprint density at radius 2 is 1.66 bits per heavy atom. The highest BCUT2D eigenvalue weighted by Crippen LogP contribution is 2.19. The van der Waals surface area contributed by atoms with Gasteiger partial charge in [0.1, 0.15) is 6.04 Å². The third-order valence-corrected chi connectivity index (χ3v) is 5.81. The smallest absolute Gasteiger partial charge is 0.242 e. The van der Waals surface area contributed by atoms with Crippen molar-refractivity contribution in [2.24, 2.45) is 0 Å².